The Bertz CT molecular complexity index is 209. The second-order valence-corrected chi connectivity index (χ2v) is 3.11. The monoisotopic (exact) mass is 152 g/mol. The minimum atomic E-state index is 0.849. The first-order chi connectivity index (χ1) is 4.97. The fraction of sp³-hybridized carbons (Fsp3) is 0.250. The van der Waals surface area contributed by atoms with Gasteiger partial charge in [-0.15, -0.1) is 0 Å². The Morgan fingerprint density at radius 2 is 2.20 bits per heavy atom. The molecule has 10 heavy (non-hydrogen) atoms. The predicted molar refractivity (Wildman–Crippen MR) is 42.0 cm³/mol. The molecule has 1 nitrogen and oxygen atoms in total. The number of hydrogen-bond donors (Lipinski definition) is 0. The van der Waals surface area contributed by atoms with Crippen molar-refractivity contribution in [3.8, 4) is 0 Å². The van der Waals surface area contributed by atoms with E-state index in [0.717, 1.165) is 13.0 Å². The molecule has 0 bridgehead atoms. The van der Waals surface area contributed by atoms with Crippen molar-refractivity contribution in [3.05, 3.63) is 29.8 Å². The number of benzene rings is 1. The molecule has 0 spiro atoms. The molecule has 0 fully saturated rings. The number of hydrogen-bond acceptors (Lipinski definition) is 2. The van der Waals surface area contributed by atoms with Gasteiger partial charge in [0.2, 0.25) is 0 Å². The average Bonchev–Trinajstić information content (AvgIpc) is 2.05. The fourth-order valence-electron chi connectivity index (χ4n) is 1.05. The molecule has 0 aliphatic carbocycles. The van der Waals surface area contributed by atoms with E-state index in [2.05, 4.69) is 18.2 Å². The van der Waals surface area contributed by atoms with Gasteiger partial charge in [-0.1, -0.05) is 18.2 Å². The largest absolute Gasteiger partial charge is 0.310 e. The predicted octanol–water partition coefficient (Wildman–Crippen LogP) is 2.27. The van der Waals surface area contributed by atoms with Crippen molar-refractivity contribution in [2.45, 2.75) is 11.3 Å². The zero-order chi connectivity index (χ0) is 6.81. The summed E-state index contributed by atoms with van der Waals surface area (Å²) in [6.07, 6.45) is 1.06. The maximum atomic E-state index is 5.21. The molecule has 1 aromatic rings. The Morgan fingerprint density at radius 1 is 1.30 bits per heavy atom. The summed E-state index contributed by atoms with van der Waals surface area (Å²) in [4.78, 5) is 1.27. The van der Waals surface area contributed by atoms with Crippen LogP contribution in [0.4, 0.5) is 0 Å². The molecule has 1 aliphatic heterocycles. The van der Waals surface area contributed by atoms with Crippen LogP contribution in [0.25, 0.3) is 0 Å². The Balaban J connectivity index is 2.41. The first-order valence-corrected chi connectivity index (χ1v) is 4.08. The van der Waals surface area contributed by atoms with Gasteiger partial charge in [0.25, 0.3) is 0 Å². The van der Waals surface area contributed by atoms with Crippen molar-refractivity contribution in [3.63, 3.8) is 0 Å². The van der Waals surface area contributed by atoms with E-state index in [9.17, 15) is 0 Å². The van der Waals surface area contributed by atoms with Crippen molar-refractivity contribution < 1.29 is 4.18 Å². The topological polar surface area (TPSA) is 9.23 Å². The summed E-state index contributed by atoms with van der Waals surface area (Å²) in [5.74, 6) is 0. The molecule has 0 aromatic heterocycles. The van der Waals surface area contributed by atoms with Crippen LogP contribution in [0.5, 0.6) is 0 Å². The SMILES string of the molecule is c1ccc2c(c1)CCOS2. The van der Waals surface area contributed by atoms with Gasteiger partial charge in [0, 0.05) is 16.9 Å². The van der Waals surface area contributed by atoms with Gasteiger partial charge in [-0.05, 0) is 18.1 Å². The van der Waals surface area contributed by atoms with Gasteiger partial charge in [-0.2, -0.15) is 0 Å². The van der Waals surface area contributed by atoms with Crippen LogP contribution in [0.3, 0.4) is 0 Å². The van der Waals surface area contributed by atoms with E-state index < -0.39 is 0 Å². The Morgan fingerprint density at radius 3 is 3.10 bits per heavy atom. The van der Waals surface area contributed by atoms with E-state index in [4.69, 9.17) is 4.18 Å². The van der Waals surface area contributed by atoms with E-state index in [0.29, 0.717) is 0 Å². The van der Waals surface area contributed by atoms with Crippen LogP contribution < -0.4 is 0 Å². The first-order valence-electron chi connectivity index (χ1n) is 3.34. The smallest absolute Gasteiger partial charge is 0.0659 e. The van der Waals surface area contributed by atoms with Gasteiger partial charge in [-0.3, -0.25) is 0 Å². The lowest BCUT2D eigenvalue weighted by Gasteiger charge is -2.13. The normalized spacial score (nSPS) is 16.4. The van der Waals surface area contributed by atoms with Crippen LogP contribution in [0.15, 0.2) is 29.2 Å². The van der Waals surface area contributed by atoms with Crippen LogP contribution >= 0.6 is 12.0 Å². The summed E-state index contributed by atoms with van der Waals surface area (Å²) in [5.41, 5.74) is 1.42. The molecule has 0 saturated heterocycles. The first kappa shape index (κ1) is 6.25. The lowest BCUT2D eigenvalue weighted by atomic mass is 10.2. The van der Waals surface area contributed by atoms with Crippen LogP contribution in [-0.2, 0) is 10.6 Å². The quantitative estimate of drug-likeness (QED) is 0.527. The Labute approximate surface area is 64.6 Å². The molecule has 2 rings (SSSR count). The zero-order valence-electron chi connectivity index (χ0n) is 5.54. The van der Waals surface area contributed by atoms with Crippen molar-refractivity contribution in [1.29, 1.82) is 0 Å². The average molecular weight is 152 g/mol. The summed E-state index contributed by atoms with van der Waals surface area (Å²) < 4.78 is 5.21. The molecule has 0 atom stereocenters. The molecular formula is C8H8OS. The fourth-order valence-corrected chi connectivity index (χ4v) is 1.75. The summed E-state index contributed by atoms with van der Waals surface area (Å²) in [7, 11) is 0. The van der Waals surface area contributed by atoms with Gasteiger partial charge >= 0.3 is 0 Å². The number of rotatable bonds is 0. The highest BCUT2D eigenvalue weighted by atomic mass is 32.2. The van der Waals surface area contributed by atoms with Gasteiger partial charge in [0.15, 0.2) is 0 Å². The van der Waals surface area contributed by atoms with Crippen LogP contribution in [0.1, 0.15) is 5.56 Å². The molecule has 0 saturated carbocycles. The minimum absolute atomic E-state index is 0.849. The third-order valence-corrected chi connectivity index (χ3v) is 2.44. The summed E-state index contributed by atoms with van der Waals surface area (Å²) in [6.45, 7) is 0.849. The molecule has 1 aliphatic rings. The lowest BCUT2D eigenvalue weighted by molar-refractivity contribution is 0.367. The van der Waals surface area contributed by atoms with Gasteiger partial charge < -0.3 is 4.18 Å². The van der Waals surface area contributed by atoms with E-state index in [-0.39, 0.29) is 0 Å². The maximum absolute atomic E-state index is 5.21. The maximum Gasteiger partial charge on any atom is 0.0659 e. The van der Waals surface area contributed by atoms with E-state index in [1.807, 2.05) is 6.07 Å². The van der Waals surface area contributed by atoms with E-state index >= 15 is 0 Å². The summed E-state index contributed by atoms with van der Waals surface area (Å²) in [5, 5.41) is 0. The van der Waals surface area contributed by atoms with Crippen LogP contribution in [0, 0.1) is 0 Å². The summed E-state index contributed by atoms with van der Waals surface area (Å²) in [6, 6.07) is 8.37. The van der Waals surface area contributed by atoms with Gasteiger partial charge in [-0.25, -0.2) is 0 Å². The molecule has 0 radical (unpaired) electrons. The standard InChI is InChI=1S/C8H8OS/c1-2-4-8-7(3-1)5-6-9-10-8/h1-4H,5-6H2. The second kappa shape index (κ2) is 2.64. The van der Waals surface area contributed by atoms with Crippen molar-refractivity contribution in [1.82, 2.24) is 0 Å². The van der Waals surface area contributed by atoms with Crippen LogP contribution in [-0.4, -0.2) is 6.61 Å². The molecule has 1 aromatic carbocycles. The molecule has 0 unspecified atom stereocenters. The third kappa shape index (κ3) is 1.04. The van der Waals surface area contributed by atoms with Crippen molar-refractivity contribution >= 4 is 12.0 Å². The third-order valence-electron chi connectivity index (χ3n) is 1.58. The van der Waals surface area contributed by atoms with Crippen LogP contribution in [0.2, 0.25) is 0 Å². The highest BCUT2D eigenvalue weighted by Crippen LogP contribution is 2.27. The van der Waals surface area contributed by atoms with E-state index in [1.165, 1.54) is 22.5 Å². The number of fused-ring (bicyclic) bond motifs is 1. The molecule has 1 heterocycles. The second-order valence-electron chi connectivity index (χ2n) is 2.26. The minimum Gasteiger partial charge on any atom is -0.310 e. The van der Waals surface area contributed by atoms with Crippen molar-refractivity contribution in [2.24, 2.45) is 0 Å². The molecule has 52 valence electrons. The van der Waals surface area contributed by atoms with E-state index in [1.54, 1.807) is 0 Å². The highest BCUT2D eigenvalue weighted by molar-refractivity contribution is 7.94. The highest BCUT2D eigenvalue weighted by Gasteiger charge is 2.07. The summed E-state index contributed by atoms with van der Waals surface area (Å²) >= 11 is 1.49. The van der Waals surface area contributed by atoms with Gasteiger partial charge in [0.1, 0.15) is 0 Å². The Hall–Kier alpha value is -0.470. The molecular weight excluding hydrogens is 144 g/mol. The van der Waals surface area contributed by atoms with Crippen molar-refractivity contribution in [2.75, 3.05) is 6.61 Å². The molecule has 0 N–H and O–H groups in total. The molecule has 0 amide bonds. The zero-order valence-corrected chi connectivity index (χ0v) is 6.36. The molecule has 2 heteroatoms. The van der Waals surface area contributed by atoms with Gasteiger partial charge in [0.05, 0.1) is 6.61 Å². The lowest BCUT2D eigenvalue weighted by Crippen LogP contribution is -2.00. The Kier molecular flexibility index (Phi) is 1.65.